The zero-order valence-corrected chi connectivity index (χ0v) is 12.4. The predicted molar refractivity (Wildman–Crippen MR) is 79.9 cm³/mol. The van der Waals surface area contributed by atoms with Gasteiger partial charge in [0.2, 0.25) is 5.91 Å². The van der Waals surface area contributed by atoms with Crippen LogP contribution in [-0.4, -0.2) is 17.4 Å². The first-order chi connectivity index (χ1) is 9.57. The number of rotatable bonds is 4. The second-order valence-corrected chi connectivity index (χ2v) is 6.15. The van der Waals surface area contributed by atoms with Crippen molar-refractivity contribution in [2.75, 3.05) is 6.54 Å². The van der Waals surface area contributed by atoms with Crippen molar-refractivity contribution < 1.29 is 4.79 Å². The summed E-state index contributed by atoms with van der Waals surface area (Å²) in [5.74, 6) is 0.807. The lowest BCUT2D eigenvalue weighted by molar-refractivity contribution is -0.133. The zero-order valence-electron chi connectivity index (χ0n) is 12.4. The standard InChI is InChI=1S/C16H25N3O/c1-12-5-7-16(11-17,8-6-12)15(20)19-13(2)14-4-3-9-18-10-14/h3-4,9-10,12-13H,5-8,11,17H2,1-2H3,(H,19,20)/t12?,13-,16?/m0/s1. The fourth-order valence-electron chi connectivity index (χ4n) is 2.90. The Bertz CT molecular complexity index is 438. The van der Waals surface area contributed by atoms with Gasteiger partial charge in [-0.3, -0.25) is 9.78 Å². The number of carbonyl (C=O) groups excluding carboxylic acids is 1. The Morgan fingerprint density at radius 3 is 2.80 bits per heavy atom. The number of nitrogens with one attached hydrogen (secondary N) is 1. The van der Waals surface area contributed by atoms with Crippen LogP contribution in [0.1, 0.15) is 51.1 Å². The summed E-state index contributed by atoms with van der Waals surface area (Å²) >= 11 is 0. The number of amides is 1. The number of nitrogens with two attached hydrogens (primary N) is 1. The maximum Gasteiger partial charge on any atom is 0.227 e. The van der Waals surface area contributed by atoms with Crippen molar-refractivity contribution in [1.29, 1.82) is 0 Å². The van der Waals surface area contributed by atoms with Crippen molar-refractivity contribution in [2.45, 2.75) is 45.6 Å². The van der Waals surface area contributed by atoms with E-state index in [2.05, 4.69) is 17.2 Å². The molecule has 4 nitrogen and oxygen atoms in total. The number of pyridine rings is 1. The van der Waals surface area contributed by atoms with Crippen molar-refractivity contribution in [2.24, 2.45) is 17.1 Å². The van der Waals surface area contributed by atoms with Gasteiger partial charge in [0.05, 0.1) is 11.5 Å². The van der Waals surface area contributed by atoms with Gasteiger partial charge in [0.15, 0.2) is 0 Å². The third-order valence-electron chi connectivity index (χ3n) is 4.64. The molecule has 4 heteroatoms. The molecule has 0 bridgehead atoms. The highest BCUT2D eigenvalue weighted by molar-refractivity contribution is 5.83. The van der Waals surface area contributed by atoms with Gasteiger partial charge in [0, 0.05) is 18.9 Å². The molecule has 3 N–H and O–H groups in total. The summed E-state index contributed by atoms with van der Waals surface area (Å²) in [5.41, 5.74) is 6.58. The Morgan fingerprint density at radius 2 is 2.25 bits per heavy atom. The first-order valence-electron chi connectivity index (χ1n) is 7.48. The average Bonchev–Trinajstić information content (AvgIpc) is 2.49. The van der Waals surface area contributed by atoms with E-state index in [1.807, 2.05) is 19.1 Å². The minimum absolute atomic E-state index is 0.0287. The van der Waals surface area contributed by atoms with Crippen molar-refractivity contribution in [3.8, 4) is 0 Å². The number of hydrogen-bond acceptors (Lipinski definition) is 3. The fraction of sp³-hybridized carbons (Fsp3) is 0.625. The molecular weight excluding hydrogens is 250 g/mol. The van der Waals surface area contributed by atoms with Gasteiger partial charge in [-0.25, -0.2) is 0 Å². The molecule has 1 aliphatic rings. The molecule has 1 heterocycles. The van der Waals surface area contributed by atoms with E-state index in [1.165, 1.54) is 0 Å². The maximum atomic E-state index is 12.6. The second kappa shape index (κ2) is 6.35. The summed E-state index contributed by atoms with van der Waals surface area (Å²) in [6, 6.07) is 3.84. The molecule has 1 fully saturated rings. The predicted octanol–water partition coefficient (Wildman–Crippen LogP) is 2.41. The summed E-state index contributed by atoms with van der Waals surface area (Å²) in [5, 5.41) is 3.11. The van der Waals surface area contributed by atoms with E-state index >= 15 is 0 Å². The van der Waals surface area contributed by atoms with Crippen LogP contribution in [0.3, 0.4) is 0 Å². The largest absolute Gasteiger partial charge is 0.349 e. The molecule has 1 aromatic rings. The summed E-state index contributed by atoms with van der Waals surface area (Å²) < 4.78 is 0. The highest BCUT2D eigenvalue weighted by Crippen LogP contribution is 2.38. The molecule has 1 amide bonds. The molecule has 1 aliphatic carbocycles. The molecule has 0 aliphatic heterocycles. The smallest absolute Gasteiger partial charge is 0.227 e. The molecule has 1 aromatic heterocycles. The van der Waals surface area contributed by atoms with Crippen molar-refractivity contribution >= 4 is 5.91 Å². The van der Waals surface area contributed by atoms with Gasteiger partial charge in [-0.15, -0.1) is 0 Å². The molecule has 20 heavy (non-hydrogen) atoms. The van der Waals surface area contributed by atoms with Crippen molar-refractivity contribution in [3.63, 3.8) is 0 Å². The molecule has 1 saturated carbocycles. The molecular formula is C16H25N3O. The van der Waals surface area contributed by atoms with Gasteiger partial charge in [-0.05, 0) is 50.2 Å². The van der Waals surface area contributed by atoms with Gasteiger partial charge < -0.3 is 11.1 Å². The van der Waals surface area contributed by atoms with Crippen LogP contribution in [0.5, 0.6) is 0 Å². The number of aromatic nitrogens is 1. The first kappa shape index (κ1) is 15.0. The minimum Gasteiger partial charge on any atom is -0.349 e. The molecule has 2 rings (SSSR count). The normalized spacial score (nSPS) is 27.9. The van der Waals surface area contributed by atoms with Crippen molar-refractivity contribution in [1.82, 2.24) is 10.3 Å². The molecule has 0 aromatic carbocycles. The fourth-order valence-corrected chi connectivity index (χ4v) is 2.90. The van der Waals surface area contributed by atoms with E-state index in [0.29, 0.717) is 12.5 Å². The van der Waals surface area contributed by atoms with Crippen LogP contribution in [0.25, 0.3) is 0 Å². The highest BCUT2D eigenvalue weighted by Gasteiger charge is 2.40. The molecule has 0 unspecified atom stereocenters. The third-order valence-corrected chi connectivity index (χ3v) is 4.64. The Kier molecular flexibility index (Phi) is 4.76. The molecule has 0 radical (unpaired) electrons. The summed E-state index contributed by atoms with van der Waals surface area (Å²) in [7, 11) is 0. The SMILES string of the molecule is CC1CCC(CN)(C(=O)N[C@@H](C)c2cccnc2)CC1. The Morgan fingerprint density at radius 1 is 1.55 bits per heavy atom. The van der Waals surface area contributed by atoms with Crippen LogP contribution in [0.4, 0.5) is 0 Å². The van der Waals surface area contributed by atoms with Crippen LogP contribution in [0.2, 0.25) is 0 Å². The second-order valence-electron chi connectivity index (χ2n) is 6.15. The minimum atomic E-state index is -0.372. The lowest BCUT2D eigenvalue weighted by Crippen LogP contribution is -2.48. The van der Waals surface area contributed by atoms with Crippen LogP contribution in [0.15, 0.2) is 24.5 Å². The first-order valence-corrected chi connectivity index (χ1v) is 7.48. The van der Waals surface area contributed by atoms with Crippen LogP contribution in [-0.2, 0) is 4.79 Å². The monoisotopic (exact) mass is 275 g/mol. The van der Waals surface area contributed by atoms with Gasteiger partial charge in [0.25, 0.3) is 0 Å². The quantitative estimate of drug-likeness (QED) is 0.886. The van der Waals surface area contributed by atoms with Crippen LogP contribution in [0, 0.1) is 11.3 Å². The lowest BCUT2D eigenvalue weighted by atomic mass is 9.70. The number of nitrogens with zero attached hydrogens (tertiary/aromatic N) is 1. The van der Waals surface area contributed by atoms with E-state index in [0.717, 1.165) is 31.2 Å². The van der Waals surface area contributed by atoms with E-state index in [9.17, 15) is 4.79 Å². The van der Waals surface area contributed by atoms with E-state index in [4.69, 9.17) is 5.73 Å². The van der Waals surface area contributed by atoms with E-state index in [-0.39, 0.29) is 17.4 Å². The molecule has 1 atom stereocenters. The summed E-state index contributed by atoms with van der Waals surface area (Å²) in [6.07, 6.45) is 7.51. The lowest BCUT2D eigenvalue weighted by Gasteiger charge is -2.37. The van der Waals surface area contributed by atoms with Gasteiger partial charge in [-0.1, -0.05) is 13.0 Å². The van der Waals surface area contributed by atoms with E-state index < -0.39 is 0 Å². The maximum absolute atomic E-state index is 12.6. The Balaban J connectivity index is 2.03. The Labute approximate surface area is 121 Å². The van der Waals surface area contributed by atoms with Gasteiger partial charge >= 0.3 is 0 Å². The topological polar surface area (TPSA) is 68.0 Å². The zero-order chi connectivity index (χ0) is 14.6. The highest BCUT2D eigenvalue weighted by atomic mass is 16.2. The third kappa shape index (κ3) is 3.18. The molecule has 0 saturated heterocycles. The molecule has 110 valence electrons. The van der Waals surface area contributed by atoms with Crippen LogP contribution < -0.4 is 11.1 Å². The van der Waals surface area contributed by atoms with Gasteiger partial charge in [-0.2, -0.15) is 0 Å². The number of carbonyl (C=O) groups is 1. The van der Waals surface area contributed by atoms with Crippen molar-refractivity contribution in [3.05, 3.63) is 30.1 Å². The summed E-state index contributed by atoms with van der Waals surface area (Å²) in [4.78, 5) is 16.7. The van der Waals surface area contributed by atoms with Crippen LogP contribution >= 0.6 is 0 Å². The molecule has 0 spiro atoms. The van der Waals surface area contributed by atoms with Gasteiger partial charge in [0.1, 0.15) is 0 Å². The Hall–Kier alpha value is -1.42. The average molecular weight is 275 g/mol. The summed E-state index contributed by atoms with van der Waals surface area (Å²) in [6.45, 7) is 4.67. The van der Waals surface area contributed by atoms with E-state index in [1.54, 1.807) is 12.4 Å². The number of hydrogen-bond donors (Lipinski definition) is 2.